The molecule has 0 aliphatic carbocycles. The first-order valence-corrected chi connectivity index (χ1v) is 7.04. The lowest BCUT2D eigenvalue weighted by molar-refractivity contribution is -0.888. The molecule has 0 atom stereocenters. The number of quaternary nitrogens is 1. The fraction of sp³-hybridized carbons (Fsp3) is 0.727. The van der Waals surface area contributed by atoms with Crippen LogP contribution in [0, 0.1) is 0 Å². The SMILES string of the molecule is C=CC(N)=O.CCC[N+](C)(C)CC.COS(=O)(=O)[O-]. The maximum Gasteiger partial charge on any atom is 0.240 e. The summed E-state index contributed by atoms with van der Waals surface area (Å²) in [5, 5.41) is 0. The van der Waals surface area contributed by atoms with E-state index in [1.54, 1.807) is 0 Å². The van der Waals surface area contributed by atoms with Crippen molar-refractivity contribution in [2.75, 3.05) is 34.3 Å². The minimum Gasteiger partial charge on any atom is -0.726 e. The molecule has 7 nitrogen and oxygen atoms in total. The third-order valence-electron chi connectivity index (χ3n) is 2.09. The molecule has 0 aliphatic rings. The number of amides is 1. The Bertz CT molecular complexity index is 339. The van der Waals surface area contributed by atoms with E-state index in [1.807, 2.05) is 0 Å². The van der Waals surface area contributed by atoms with Gasteiger partial charge in [-0.05, 0) is 19.4 Å². The van der Waals surface area contributed by atoms with Gasteiger partial charge in [0.25, 0.3) is 0 Å². The number of nitrogens with two attached hydrogens (primary N) is 1. The second-order valence-electron chi connectivity index (χ2n) is 4.16. The van der Waals surface area contributed by atoms with Gasteiger partial charge in [-0.3, -0.25) is 8.98 Å². The van der Waals surface area contributed by atoms with Crippen molar-refractivity contribution in [2.45, 2.75) is 20.3 Å². The first-order chi connectivity index (χ1) is 8.45. The van der Waals surface area contributed by atoms with Crippen molar-refractivity contribution in [3.05, 3.63) is 12.7 Å². The van der Waals surface area contributed by atoms with Crippen LogP contribution in [-0.2, 0) is 19.4 Å². The fourth-order valence-corrected chi connectivity index (χ4v) is 0.763. The van der Waals surface area contributed by atoms with Crippen LogP contribution in [0.5, 0.6) is 0 Å². The van der Waals surface area contributed by atoms with E-state index in [0.717, 1.165) is 17.7 Å². The number of hydrogen-bond donors (Lipinski definition) is 1. The Hall–Kier alpha value is -0.960. The molecule has 1 amide bonds. The molecule has 0 bridgehead atoms. The van der Waals surface area contributed by atoms with Crippen LogP contribution in [0.4, 0.5) is 0 Å². The molecule has 19 heavy (non-hydrogen) atoms. The highest BCUT2D eigenvalue weighted by molar-refractivity contribution is 7.80. The Balaban J connectivity index is -0.000000209. The zero-order valence-corrected chi connectivity index (χ0v) is 13.2. The summed E-state index contributed by atoms with van der Waals surface area (Å²) in [4.78, 5) is 9.47. The fourth-order valence-electron chi connectivity index (χ4n) is 0.763. The molecule has 0 unspecified atom stereocenters. The van der Waals surface area contributed by atoms with Crippen LogP contribution in [0.1, 0.15) is 20.3 Å². The van der Waals surface area contributed by atoms with E-state index in [2.05, 4.69) is 44.4 Å². The van der Waals surface area contributed by atoms with Gasteiger partial charge in [-0.1, -0.05) is 13.5 Å². The molecule has 116 valence electrons. The molecule has 0 aromatic heterocycles. The van der Waals surface area contributed by atoms with Crippen LogP contribution in [0.15, 0.2) is 12.7 Å². The van der Waals surface area contributed by atoms with E-state index >= 15 is 0 Å². The molecule has 0 saturated carbocycles. The number of nitrogens with zero attached hydrogens (tertiary/aromatic N) is 1. The van der Waals surface area contributed by atoms with E-state index in [1.165, 1.54) is 19.5 Å². The highest BCUT2D eigenvalue weighted by Crippen LogP contribution is 1.95. The summed E-state index contributed by atoms with van der Waals surface area (Å²) in [6.45, 7) is 10.1. The highest BCUT2D eigenvalue weighted by Gasteiger charge is 2.07. The van der Waals surface area contributed by atoms with Crippen molar-refractivity contribution in [1.29, 1.82) is 0 Å². The molecular formula is C11H26N2O5S. The van der Waals surface area contributed by atoms with E-state index in [-0.39, 0.29) is 0 Å². The third-order valence-corrected chi connectivity index (χ3v) is 2.50. The molecule has 0 rings (SSSR count). The van der Waals surface area contributed by atoms with Gasteiger partial charge in [0.05, 0.1) is 34.3 Å². The van der Waals surface area contributed by atoms with Gasteiger partial charge in [-0.15, -0.1) is 0 Å². The van der Waals surface area contributed by atoms with Gasteiger partial charge in [0.2, 0.25) is 16.3 Å². The zero-order chi connectivity index (χ0) is 16.1. The molecule has 0 radical (unpaired) electrons. The average Bonchev–Trinajstić information content (AvgIpc) is 2.29. The molecule has 8 heteroatoms. The first-order valence-electron chi connectivity index (χ1n) is 5.71. The van der Waals surface area contributed by atoms with Gasteiger partial charge in [0.1, 0.15) is 0 Å². The van der Waals surface area contributed by atoms with Crippen molar-refractivity contribution >= 4 is 16.3 Å². The topological polar surface area (TPSA) is 110 Å². The van der Waals surface area contributed by atoms with E-state index in [4.69, 9.17) is 0 Å². The number of hydrogen-bond acceptors (Lipinski definition) is 5. The normalized spacial score (nSPS) is 10.4. The summed E-state index contributed by atoms with van der Waals surface area (Å²) < 4.78 is 32.2. The number of primary amides is 1. The lowest BCUT2D eigenvalue weighted by Crippen LogP contribution is -2.39. The molecule has 0 fully saturated rings. The predicted octanol–water partition coefficient (Wildman–Crippen LogP) is 0.243. The summed E-state index contributed by atoms with van der Waals surface area (Å²) in [6, 6.07) is 0. The molecule has 0 heterocycles. The molecule has 2 N–H and O–H groups in total. The first kappa shape index (κ1) is 23.2. The molecule has 0 aromatic rings. The van der Waals surface area contributed by atoms with Gasteiger partial charge in [-0.25, -0.2) is 8.42 Å². The van der Waals surface area contributed by atoms with Crippen molar-refractivity contribution < 1.29 is 26.4 Å². The largest absolute Gasteiger partial charge is 0.726 e. The van der Waals surface area contributed by atoms with Gasteiger partial charge in [0.15, 0.2) is 0 Å². The Morgan fingerprint density at radius 2 is 1.74 bits per heavy atom. The molecule has 0 aromatic carbocycles. The Labute approximate surface area is 116 Å². The van der Waals surface area contributed by atoms with E-state index < -0.39 is 16.3 Å². The number of carbonyl (C=O) groups excluding carboxylic acids is 1. The molecule has 0 spiro atoms. The van der Waals surface area contributed by atoms with E-state index in [9.17, 15) is 17.8 Å². The lowest BCUT2D eigenvalue weighted by atomic mass is 10.4. The maximum atomic E-state index is 9.47. The maximum absolute atomic E-state index is 9.47. The van der Waals surface area contributed by atoms with E-state index in [0.29, 0.717) is 0 Å². The summed E-state index contributed by atoms with van der Waals surface area (Å²) >= 11 is 0. The average molecular weight is 298 g/mol. The standard InChI is InChI=1S/C7H18N.C3H5NO.CH4O4S/c1-5-7-8(3,4)6-2;1-2-3(4)5;1-5-6(2,3)4/h5-7H2,1-4H3;2H,1H2,(H2,4,5);1H3,(H,2,3,4)/q+1;;/p-1. The summed E-state index contributed by atoms with van der Waals surface area (Å²) in [6.07, 6.45) is 2.35. The van der Waals surface area contributed by atoms with Gasteiger partial charge >= 0.3 is 0 Å². The molecule has 0 saturated heterocycles. The molecular weight excluding hydrogens is 272 g/mol. The van der Waals surface area contributed by atoms with Crippen molar-refractivity contribution in [3.8, 4) is 0 Å². The van der Waals surface area contributed by atoms with Crippen LogP contribution < -0.4 is 5.73 Å². The summed E-state index contributed by atoms with van der Waals surface area (Å²) in [5.74, 6) is -0.481. The summed E-state index contributed by atoms with van der Waals surface area (Å²) in [7, 11) is 0.931. The highest BCUT2D eigenvalue weighted by atomic mass is 32.3. The van der Waals surface area contributed by atoms with Crippen LogP contribution in [0.25, 0.3) is 0 Å². The lowest BCUT2D eigenvalue weighted by Gasteiger charge is -2.27. The van der Waals surface area contributed by atoms with Gasteiger partial charge < -0.3 is 14.8 Å². The van der Waals surface area contributed by atoms with Crippen LogP contribution in [0.3, 0.4) is 0 Å². The minimum atomic E-state index is -4.41. The summed E-state index contributed by atoms with van der Waals surface area (Å²) in [5.41, 5.74) is 4.53. The number of carbonyl (C=O) groups is 1. The predicted molar refractivity (Wildman–Crippen MR) is 73.9 cm³/mol. The Kier molecular flexibility index (Phi) is 14.7. The van der Waals surface area contributed by atoms with Gasteiger partial charge in [0, 0.05) is 0 Å². The minimum absolute atomic E-state index is 0.481. The third kappa shape index (κ3) is 31.6. The van der Waals surface area contributed by atoms with Crippen molar-refractivity contribution in [1.82, 2.24) is 0 Å². The van der Waals surface area contributed by atoms with Gasteiger partial charge in [-0.2, -0.15) is 0 Å². The Morgan fingerprint density at radius 1 is 1.42 bits per heavy atom. The number of rotatable bonds is 5. The van der Waals surface area contributed by atoms with Crippen molar-refractivity contribution in [2.24, 2.45) is 5.73 Å². The molecule has 0 aliphatic heterocycles. The van der Waals surface area contributed by atoms with Crippen LogP contribution in [0.2, 0.25) is 0 Å². The Morgan fingerprint density at radius 3 is 1.79 bits per heavy atom. The van der Waals surface area contributed by atoms with Crippen LogP contribution >= 0.6 is 0 Å². The van der Waals surface area contributed by atoms with Crippen molar-refractivity contribution in [3.63, 3.8) is 0 Å². The quantitative estimate of drug-likeness (QED) is 0.338. The monoisotopic (exact) mass is 298 g/mol. The second-order valence-corrected chi connectivity index (χ2v) is 5.31. The van der Waals surface area contributed by atoms with Crippen LogP contribution in [-0.4, -0.2) is 57.7 Å². The smallest absolute Gasteiger partial charge is 0.240 e. The zero-order valence-electron chi connectivity index (χ0n) is 12.4. The second kappa shape index (κ2) is 12.1.